The van der Waals surface area contributed by atoms with Crippen LogP contribution in [-0.4, -0.2) is 4.98 Å². The van der Waals surface area contributed by atoms with Crippen molar-refractivity contribution in [2.45, 2.75) is 6.18 Å². The van der Waals surface area contributed by atoms with Crippen LogP contribution in [0.2, 0.25) is 0 Å². The number of pyridine rings is 1. The number of aromatic nitrogens is 1. The van der Waals surface area contributed by atoms with Gasteiger partial charge in [-0.15, -0.1) is 0 Å². The molecule has 2 rings (SSSR count). The molecule has 100 valence electrons. The average Bonchev–Trinajstić information content (AvgIpc) is 2.38. The van der Waals surface area contributed by atoms with Gasteiger partial charge in [0, 0.05) is 23.6 Å². The average molecular weight is 268 g/mol. The van der Waals surface area contributed by atoms with E-state index in [1.807, 2.05) is 0 Å². The topological polar surface area (TPSA) is 60.0 Å². The van der Waals surface area contributed by atoms with E-state index < -0.39 is 11.7 Å². The van der Waals surface area contributed by atoms with Gasteiger partial charge in [0.2, 0.25) is 0 Å². The Morgan fingerprint density at radius 2 is 1.84 bits per heavy atom. The highest BCUT2D eigenvalue weighted by molar-refractivity contribution is 5.61. The quantitative estimate of drug-likeness (QED) is 0.832. The van der Waals surface area contributed by atoms with E-state index in [-0.39, 0.29) is 17.2 Å². The summed E-state index contributed by atoms with van der Waals surface area (Å²) < 4.78 is 37.6. The summed E-state index contributed by atoms with van der Waals surface area (Å²) >= 11 is 0. The van der Waals surface area contributed by atoms with Crippen LogP contribution in [0.1, 0.15) is 5.56 Å². The second kappa shape index (κ2) is 5.15. The molecular weight excluding hydrogens is 259 g/mol. The van der Waals surface area contributed by atoms with Crippen LogP contribution in [0.15, 0.2) is 42.6 Å². The minimum Gasteiger partial charge on any atom is -0.761 e. The van der Waals surface area contributed by atoms with Gasteiger partial charge in [-0.3, -0.25) is 0 Å². The standard InChI is InChI=1S/C12H9F3N3O/c13-12(14,15)8-2-1-3-9(6-8)17-11-7-10(18-19)4-5-16-11/h1-7H,(H2-,16,17,18,19)/q-1. The highest BCUT2D eigenvalue weighted by Gasteiger charge is 2.30. The Kier molecular flexibility index (Phi) is 3.57. The van der Waals surface area contributed by atoms with Gasteiger partial charge < -0.3 is 16.0 Å². The SMILES string of the molecule is [O-]Nc1ccnc(Nc2cccc(C(F)(F)F)c2)c1. The van der Waals surface area contributed by atoms with E-state index in [0.29, 0.717) is 0 Å². The molecule has 0 bridgehead atoms. The number of hydrogen-bond acceptors (Lipinski definition) is 4. The van der Waals surface area contributed by atoms with Crippen LogP contribution in [0.4, 0.5) is 30.4 Å². The van der Waals surface area contributed by atoms with Crippen molar-refractivity contribution in [2.75, 3.05) is 10.8 Å². The van der Waals surface area contributed by atoms with Crippen molar-refractivity contribution in [3.8, 4) is 0 Å². The molecule has 0 radical (unpaired) electrons. The first kappa shape index (κ1) is 13.2. The maximum atomic E-state index is 12.5. The van der Waals surface area contributed by atoms with E-state index in [9.17, 15) is 18.4 Å². The molecule has 19 heavy (non-hydrogen) atoms. The van der Waals surface area contributed by atoms with E-state index in [0.717, 1.165) is 12.1 Å². The molecule has 1 heterocycles. The number of benzene rings is 1. The Labute approximate surface area is 106 Å². The van der Waals surface area contributed by atoms with Gasteiger partial charge in [-0.05, 0) is 24.3 Å². The molecule has 1 aromatic carbocycles. The van der Waals surface area contributed by atoms with E-state index in [2.05, 4.69) is 10.3 Å². The van der Waals surface area contributed by atoms with E-state index in [1.165, 1.54) is 30.5 Å². The summed E-state index contributed by atoms with van der Waals surface area (Å²) in [5.41, 5.74) is 1.43. The molecular formula is C12H9F3N3O-. The lowest BCUT2D eigenvalue weighted by Crippen LogP contribution is -2.05. The number of rotatable bonds is 3. The fourth-order valence-electron chi connectivity index (χ4n) is 1.48. The van der Waals surface area contributed by atoms with Gasteiger partial charge in [0.1, 0.15) is 5.82 Å². The summed E-state index contributed by atoms with van der Waals surface area (Å²) in [6.07, 6.45) is -3.03. The van der Waals surface area contributed by atoms with Gasteiger partial charge in [0.15, 0.2) is 0 Å². The van der Waals surface area contributed by atoms with Gasteiger partial charge in [-0.25, -0.2) is 4.98 Å². The fourth-order valence-corrected chi connectivity index (χ4v) is 1.48. The van der Waals surface area contributed by atoms with Crippen molar-refractivity contribution in [1.29, 1.82) is 0 Å². The molecule has 4 nitrogen and oxygen atoms in total. The molecule has 2 N–H and O–H groups in total. The van der Waals surface area contributed by atoms with Crippen LogP contribution < -0.4 is 10.8 Å². The maximum absolute atomic E-state index is 12.5. The molecule has 0 fully saturated rings. The Bertz CT molecular complexity index is 572. The normalized spacial score (nSPS) is 11.2. The molecule has 0 spiro atoms. The first-order valence-electron chi connectivity index (χ1n) is 5.27. The van der Waals surface area contributed by atoms with Crippen LogP contribution in [0.5, 0.6) is 0 Å². The molecule has 0 amide bonds. The highest BCUT2D eigenvalue weighted by Crippen LogP contribution is 2.31. The molecule has 2 aromatic rings. The predicted octanol–water partition coefficient (Wildman–Crippen LogP) is 3.75. The summed E-state index contributed by atoms with van der Waals surface area (Å²) in [6, 6.07) is 7.57. The number of anilines is 3. The summed E-state index contributed by atoms with van der Waals surface area (Å²) in [5, 5.41) is 13.2. The third-order valence-corrected chi connectivity index (χ3v) is 2.34. The smallest absolute Gasteiger partial charge is 0.416 e. The Morgan fingerprint density at radius 1 is 1.05 bits per heavy atom. The lowest BCUT2D eigenvalue weighted by atomic mass is 10.2. The second-order valence-electron chi connectivity index (χ2n) is 3.74. The largest absolute Gasteiger partial charge is 0.761 e. The Balaban J connectivity index is 2.23. The molecule has 0 saturated heterocycles. The molecule has 7 heteroatoms. The summed E-state index contributed by atoms with van der Waals surface area (Å²) in [4.78, 5) is 3.90. The van der Waals surface area contributed by atoms with Crippen molar-refractivity contribution in [1.82, 2.24) is 4.98 Å². The summed E-state index contributed by atoms with van der Waals surface area (Å²) in [7, 11) is 0. The number of halogens is 3. The molecule has 1 aromatic heterocycles. The number of nitrogens with zero attached hydrogens (tertiary/aromatic N) is 1. The van der Waals surface area contributed by atoms with E-state index >= 15 is 0 Å². The van der Waals surface area contributed by atoms with E-state index in [4.69, 9.17) is 0 Å². The van der Waals surface area contributed by atoms with Gasteiger partial charge in [-0.1, -0.05) is 6.07 Å². The molecule has 0 aliphatic heterocycles. The zero-order valence-corrected chi connectivity index (χ0v) is 9.53. The number of nitrogens with one attached hydrogen (secondary N) is 2. The van der Waals surface area contributed by atoms with Gasteiger partial charge in [-0.2, -0.15) is 13.2 Å². The van der Waals surface area contributed by atoms with Crippen LogP contribution in [-0.2, 0) is 6.18 Å². The lowest BCUT2D eigenvalue weighted by Gasteiger charge is -2.12. The minimum absolute atomic E-state index is 0.241. The first-order chi connectivity index (χ1) is 8.99. The maximum Gasteiger partial charge on any atom is 0.416 e. The van der Waals surface area contributed by atoms with Gasteiger partial charge in [0.05, 0.1) is 5.56 Å². The molecule has 0 saturated carbocycles. The first-order valence-corrected chi connectivity index (χ1v) is 5.27. The fraction of sp³-hybridized carbons (Fsp3) is 0.0833. The highest BCUT2D eigenvalue weighted by atomic mass is 19.4. The molecule has 0 atom stereocenters. The molecule has 0 unspecified atom stereocenters. The zero-order valence-electron chi connectivity index (χ0n) is 9.53. The van der Waals surface area contributed by atoms with Crippen molar-refractivity contribution in [3.63, 3.8) is 0 Å². The zero-order chi connectivity index (χ0) is 13.9. The summed E-state index contributed by atoms with van der Waals surface area (Å²) in [5.74, 6) is 0.278. The second-order valence-corrected chi connectivity index (χ2v) is 3.74. The van der Waals surface area contributed by atoms with Crippen molar-refractivity contribution < 1.29 is 13.2 Å². The predicted molar refractivity (Wildman–Crippen MR) is 66.0 cm³/mol. The number of alkyl halides is 3. The number of hydrogen-bond donors (Lipinski definition) is 2. The third-order valence-electron chi connectivity index (χ3n) is 2.34. The summed E-state index contributed by atoms with van der Waals surface area (Å²) in [6.45, 7) is 0. The van der Waals surface area contributed by atoms with Crippen LogP contribution in [0.3, 0.4) is 0 Å². The minimum atomic E-state index is -4.40. The van der Waals surface area contributed by atoms with Crippen LogP contribution in [0, 0.1) is 5.21 Å². The van der Waals surface area contributed by atoms with Gasteiger partial charge >= 0.3 is 6.18 Å². The Hall–Kier alpha value is -2.28. The van der Waals surface area contributed by atoms with Crippen LogP contribution >= 0.6 is 0 Å². The Morgan fingerprint density at radius 3 is 2.53 bits per heavy atom. The van der Waals surface area contributed by atoms with Crippen molar-refractivity contribution in [2.24, 2.45) is 0 Å². The molecule has 0 aliphatic carbocycles. The van der Waals surface area contributed by atoms with Crippen molar-refractivity contribution in [3.05, 3.63) is 53.4 Å². The van der Waals surface area contributed by atoms with Crippen LogP contribution in [0.25, 0.3) is 0 Å². The van der Waals surface area contributed by atoms with E-state index in [1.54, 1.807) is 5.48 Å². The molecule has 0 aliphatic rings. The third kappa shape index (κ3) is 3.35. The monoisotopic (exact) mass is 268 g/mol. The lowest BCUT2D eigenvalue weighted by molar-refractivity contribution is -0.137. The van der Waals surface area contributed by atoms with Crippen molar-refractivity contribution >= 4 is 17.2 Å². The van der Waals surface area contributed by atoms with Gasteiger partial charge in [0.25, 0.3) is 0 Å².